The summed E-state index contributed by atoms with van der Waals surface area (Å²) in [5, 5.41) is 3.00. The van der Waals surface area contributed by atoms with Gasteiger partial charge in [-0.2, -0.15) is 0 Å². The highest BCUT2D eigenvalue weighted by molar-refractivity contribution is 6.04. The van der Waals surface area contributed by atoms with Crippen molar-refractivity contribution in [2.45, 2.75) is 34.1 Å². The Morgan fingerprint density at radius 3 is 2.28 bits per heavy atom. The Kier molecular flexibility index (Phi) is 4.62. The topological polar surface area (TPSA) is 49.4 Å². The molecule has 1 aliphatic heterocycles. The van der Waals surface area contributed by atoms with E-state index in [4.69, 9.17) is 0 Å². The zero-order valence-corrected chi connectivity index (χ0v) is 15.2. The van der Waals surface area contributed by atoms with Crippen LogP contribution in [0.1, 0.15) is 28.7 Å². The lowest BCUT2D eigenvalue weighted by Crippen LogP contribution is -2.29. The van der Waals surface area contributed by atoms with Crippen LogP contribution in [0.4, 0.5) is 11.4 Å². The molecule has 0 bridgehead atoms. The molecule has 4 heteroatoms. The summed E-state index contributed by atoms with van der Waals surface area (Å²) < 4.78 is 0. The fourth-order valence-corrected chi connectivity index (χ4v) is 3.45. The number of hydrogen-bond donors (Lipinski definition) is 1. The molecule has 1 saturated heterocycles. The summed E-state index contributed by atoms with van der Waals surface area (Å²) in [4.78, 5) is 27.0. The van der Waals surface area contributed by atoms with Gasteiger partial charge in [0.2, 0.25) is 11.8 Å². The van der Waals surface area contributed by atoms with Gasteiger partial charge in [0.1, 0.15) is 0 Å². The fourth-order valence-electron chi connectivity index (χ4n) is 3.45. The van der Waals surface area contributed by atoms with Gasteiger partial charge >= 0.3 is 0 Å². The first-order chi connectivity index (χ1) is 11.9. The molecule has 1 aliphatic rings. The van der Waals surface area contributed by atoms with Crippen molar-refractivity contribution in [3.8, 4) is 0 Å². The van der Waals surface area contributed by atoms with Crippen LogP contribution in [0.3, 0.4) is 0 Å². The van der Waals surface area contributed by atoms with Crippen LogP contribution in [-0.2, 0) is 9.59 Å². The number of carbonyl (C=O) groups is 2. The van der Waals surface area contributed by atoms with Crippen molar-refractivity contribution in [3.63, 3.8) is 0 Å². The first-order valence-corrected chi connectivity index (χ1v) is 8.62. The van der Waals surface area contributed by atoms with Gasteiger partial charge in [-0.25, -0.2) is 0 Å². The molecule has 1 atom stereocenters. The number of nitrogens with zero attached hydrogens (tertiary/aromatic N) is 1. The Hall–Kier alpha value is -2.62. The van der Waals surface area contributed by atoms with E-state index in [0.717, 1.165) is 33.6 Å². The minimum atomic E-state index is -0.327. The molecule has 2 aromatic carbocycles. The van der Waals surface area contributed by atoms with E-state index in [-0.39, 0.29) is 24.2 Å². The van der Waals surface area contributed by atoms with Crippen LogP contribution < -0.4 is 10.2 Å². The number of benzene rings is 2. The summed E-state index contributed by atoms with van der Waals surface area (Å²) in [5.74, 6) is -0.402. The Morgan fingerprint density at radius 1 is 1.00 bits per heavy atom. The van der Waals surface area contributed by atoms with Crippen molar-refractivity contribution in [2.24, 2.45) is 5.92 Å². The molecule has 0 radical (unpaired) electrons. The van der Waals surface area contributed by atoms with E-state index >= 15 is 0 Å². The van der Waals surface area contributed by atoms with E-state index in [9.17, 15) is 9.59 Å². The van der Waals surface area contributed by atoms with E-state index in [2.05, 4.69) is 5.32 Å². The molecule has 3 rings (SSSR count). The van der Waals surface area contributed by atoms with E-state index in [0.29, 0.717) is 6.54 Å². The number of para-hydroxylation sites is 1. The summed E-state index contributed by atoms with van der Waals surface area (Å²) >= 11 is 0. The summed E-state index contributed by atoms with van der Waals surface area (Å²) in [6, 6.07) is 11.8. The normalized spacial score (nSPS) is 17.0. The van der Waals surface area contributed by atoms with E-state index in [1.165, 1.54) is 0 Å². The number of anilines is 2. The molecule has 2 amide bonds. The van der Waals surface area contributed by atoms with Crippen LogP contribution in [0.25, 0.3) is 0 Å². The number of hydrogen-bond acceptors (Lipinski definition) is 2. The van der Waals surface area contributed by atoms with Gasteiger partial charge < -0.3 is 10.2 Å². The van der Waals surface area contributed by atoms with Gasteiger partial charge in [-0.3, -0.25) is 9.59 Å². The minimum absolute atomic E-state index is 0.0125. The zero-order valence-electron chi connectivity index (χ0n) is 15.2. The minimum Gasteiger partial charge on any atom is -0.326 e. The molecule has 4 nitrogen and oxygen atoms in total. The number of amides is 2. The smallest absolute Gasteiger partial charge is 0.229 e. The largest absolute Gasteiger partial charge is 0.326 e. The SMILES string of the molecule is Cc1cccc(NC(=O)[C@H]2CC(=O)N(c3c(C)cccc3C)C2)c1C. The highest BCUT2D eigenvalue weighted by Gasteiger charge is 2.36. The lowest BCUT2D eigenvalue weighted by Gasteiger charge is -2.21. The highest BCUT2D eigenvalue weighted by atomic mass is 16.2. The molecule has 0 spiro atoms. The number of nitrogens with one attached hydrogen (secondary N) is 1. The van der Waals surface area contributed by atoms with Crippen LogP contribution >= 0.6 is 0 Å². The molecule has 25 heavy (non-hydrogen) atoms. The second-order valence-electron chi connectivity index (χ2n) is 6.88. The van der Waals surface area contributed by atoms with Crippen LogP contribution in [0.5, 0.6) is 0 Å². The van der Waals surface area contributed by atoms with Crippen LogP contribution in [0.15, 0.2) is 36.4 Å². The first kappa shape index (κ1) is 17.2. The van der Waals surface area contributed by atoms with Crippen LogP contribution in [0.2, 0.25) is 0 Å². The van der Waals surface area contributed by atoms with Crippen molar-refractivity contribution >= 4 is 23.2 Å². The second kappa shape index (κ2) is 6.71. The number of rotatable bonds is 3. The van der Waals surface area contributed by atoms with Gasteiger partial charge in [-0.1, -0.05) is 30.3 Å². The second-order valence-corrected chi connectivity index (χ2v) is 6.88. The third kappa shape index (κ3) is 3.29. The van der Waals surface area contributed by atoms with Gasteiger partial charge in [0.05, 0.1) is 5.92 Å². The molecule has 0 unspecified atom stereocenters. The van der Waals surface area contributed by atoms with Crippen molar-refractivity contribution in [1.29, 1.82) is 0 Å². The van der Waals surface area contributed by atoms with Crippen LogP contribution in [-0.4, -0.2) is 18.4 Å². The number of aryl methyl sites for hydroxylation is 3. The predicted molar refractivity (Wildman–Crippen MR) is 101 cm³/mol. The Balaban J connectivity index is 1.78. The van der Waals surface area contributed by atoms with E-state index < -0.39 is 0 Å². The van der Waals surface area contributed by atoms with Crippen molar-refractivity contribution in [2.75, 3.05) is 16.8 Å². The Bertz CT molecular complexity index is 822. The molecular weight excluding hydrogens is 312 g/mol. The maximum Gasteiger partial charge on any atom is 0.229 e. The molecule has 0 aromatic heterocycles. The molecule has 1 N–H and O–H groups in total. The standard InChI is InChI=1S/C21H24N2O2/c1-13-7-6-10-18(16(13)4)22-21(25)17-11-19(24)23(12-17)20-14(2)8-5-9-15(20)3/h5-10,17H,11-12H2,1-4H3,(H,22,25)/t17-/m0/s1. The van der Waals surface area contributed by atoms with Crippen molar-refractivity contribution in [1.82, 2.24) is 0 Å². The number of carbonyl (C=O) groups excluding carboxylic acids is 2. The monoisotopic (exact) mass is 336 g/mol. The fraction of sp³-hybridized carbons (Fsp3) is 0.333. The maximum atomic E-state index is 12.7. The third-order valence-corrected chi connectivity index (χ3v) is 5.07. The average molecular weight is 336 g/mol. The predicted octanol–water partition coefficient (Wildman–Crippen LogP) is 3.91. The zero-order chi connectivity index (χ0) is 18.1. The maximum absolute atomic E-state index is 12.7. The summed E-state index contributed by atoms with van der Waals surface area (Å²) in [5.41, 5.74) is 6.08. The summed E-state index contributed by atoms with van der Waals surface area (Å²) in [7, 11) is 0. The van der Waals surface area contributed by atoms with Gasteiger partial charge in [0.15, 0.2) is 0 Å². The van der Waals surface area contributed by atoms with Gasteiger partial charge in [0, 0.05) is 24.3 Å². The van der Waals surface area contributed by atoms with Gasteiger partial charge in [-0.05, 0) is 56.0 Å². The molecule has 1 fully saturated rings. The Morgan fingerprint density at radius 2 is 1.60 bits per heavy atom. The molecule has 2 aromatic rings. The summed E-state index contributed by atoms with van der Waals surface area (Å²) in [6.45, 7) is 8.44. The molecule has 130 valence electrons. The quantitative estimate of drug-likeness (QED) is 0.924. The average Bonchev–Trinajstić information content (AvgIpc) is 2.93. The molecule has 0 saturated carbocycles. The summed E-state index contributed by atoms with van der Waals surface area (Å²) in [6.07, 6.45) is 0.254. The lowest BCUT2D eigenvalue weighted by atomic mass is 10.1. The van der Waals surface area contributed by atoms with Crippen molar-refractivity contribution < 1.29 is 9.59 Å². The highest BCUT2D eigenvalue weighted by Crippen LogP contribution is 2.31. The van der Waals surface area contributed by atoms with E-state index in [1.54, 1.807) is 4.90 Å². The van der Waals surface area contributed by atoms with Gasteiger partial charge in [-0.15, -0.1) is 0 Å². The molecule has 0 aliphatic carbocycles. The molecular formula is C21H24N2O2. The van der Waals surface area contributed by atoms with Gasteiger partial charge in [0.25, 0.3) is 0 Å². The van der Waals surface area contributed by atoms with E-state index in [1.807, 2.05) is 64.1 Å². The first-order valence-electron chi connectivity index (χ1n) is 8.62. The van der Waals surface area contributed by atoms with Crippen molar-refractivity contribution in [3.05, 3.63) is 58.7 Å². The van der Waals surface area contributed by atoms with Crippen LogP contribution in [0, 0.1) is 33.6 Å². The molecule has 1 heterocycles. The lowest BCUT2D eigenvalue weighted by molar-refractivity contribution is -0.122. The Labute approximate surface area is 148 Å². The third-order valence-electron chi connectivity index (χ3n) is 5.07.